The van der Waals surface area contributed by atoms with Crippen LogP contribution in [0.2, 0.25) is 0 Å². The van der Waals surface area contributed by atoms with Crippen LogP contribution in [-0.2, 0) is 6.54 Å². The number of anilines is 1. The SMILES string of the molecule is COc1cc(CNc2cccc(I)c2)cc2c1OCO2. The lowest BCUT2D eigenvalue weighted by atomic mass is 10.1. The van der Waals surface area contributed by atoms with E-state index in [2.05, 4.69) is 40.0 Å². The standard InChI is InChI=1S/C15H14INO3/c1-18-13-5-10(6-14-15(13)20-9-19-14)8-17-12-4-2-3-11(16)7-12/h2-7,17H,8-9H2,1H3. The quantitative estimate of drug-likeness (QED) is 0.819. The molecule has 0 atom stereocenters. The van der Waals surface area contributed by atoms with Gasteiger partial charge in [0.1, 0.15) is 0 Å². The molecule has 1 heterocycles. The molecule has 2 aromatic rings. The van der Waals surface area contributed by atoms with Crippen LogP contribution in [0.4, 0.5) is 5.69 Å². The van der Waals surface area contributed by atoms with Crippen molar-refractivity contribution in [2.24, 2.45) is 0 Å². The Balaban J connectivity index is 1.78. The third-order valence-electron chi connectivity index (χ3n) is 3.04. The maximum Gasteiger partial charge on any atom is 0.231 e. The van der Waals surface area contributed by atoms with Gasteiger partial charge in [-0.15, -0.1) is 0 Å². The molecule has 0 saturated heterocycles. The maximum atomic E-state index is 5.42. The van der Waals surface area contributed by atoms with Crippen molar-refractivity contribution >= 4 is 28.3 Å². The lowest BCUT2D eigenvalue weighted by Crippen LogP contribution is -2.00. The summed E-state index contributed by atoms with van der Waals surface area (Å²) in [6.07, 6.45) is 0. The summed E-state index contributed by atoms with van der Waals surface area (Å²) in [5.74, 6) is 2.13. The summed E-state index contributed by atoms with van der Waals surface area (Å²) < 4.78 is 17.3. The van der Waals surface area contributed by atoms with E-state index in [9.17, 15) is 0 Å². The molecule has 0 bridgehead atoms. The number of halogens is 1. The minimum atomic E-state index is 0.249. The highest BCUT2D eigenvalue weighted by Gasteiger charge is 2.19. The Bertz CT molecular complexity index is 631. The molecule has 1 aliphatic rings. The van der Waals surface area contributed by atoms with Gasteiger partial charge in [0.15, 0.2) is 11.5 Å². The number of rotatable bonds is 4. The van der Waals surface area contributed by atoms with Gasteiger partial charge < -0.3 is 19.5 Å². The molecule has 1 aliphatic heterocycles. The molecule has 20 heavy (non-hydrogen) atoms. The average molecular weight is 383 g/mol. The first-order chi connectivity index (χ1) is 9.76. The van der Waals surface area contributed by atoms with Gasteiger partial charge in [-0.25, -0.2) is 0 Å². The van der Waals surface area contributed by atoms with Crippen molar-refractivity contribution in [3.63, 3.8) is 0 Å². The first-order valence-corrected chi connectivity index (χ1v) is 7.30. The van der Waals surface area contributed by atoms with Gasteiger partial charge in [-0.3, -0.25) is 0 Å². The Morgan fingerprint density at radius 3 is 2.95 bits per heavy atom. The van der Waals surface area contributed by atoms with E-state index in [4.69, 9.17) is 14.2 Å². The Morgan fingerprint density at radius 1 is 1.25 bits per heavy atom. The van der Waals surface area contributed by atoms with Crippen LogP contribution in [0.15, 0.2) is 36.4 Å². The monoisotopic (exact) mass is 383 g/mol. The fourth-order valence-corrected chi connectivity index (χ4v) is 2.63. The summed E-state index contributed by atoms with van der Waals surface area (Å²) in [7, 11) is 1.63. The molecule has 104 valence electrons. The van der Waals surface area contributed by atoms with E-state index in [1.54, 1.807) is 7.11 Å². The van der Waals surface area contributed by atoms with Gasteiger partial charge in [0.25, 0.3) is 0 Å². The van der Waals surface area contributed by atoms with Gasteiger partial charge in [-0.1, -0.05) is 6.07 Å². The van der Waals surface area contributed by atoms with Crippen LogP contribution in [0.1, 0.15) is 5.56 Å². The van der Waals surface area contributed by atoms with Crippen LogP contribution in [0.5, 0.6) is 17.2 Å². The van der Waals surface area contributed by atoms with Gasteiger partial charge in [0, 0.05) is 15.8 Å². The van der Waals surface area contributed by atoms with Crippen LogP contribution in [-0.4, -0.2) is 13.9 Å². The fourth-order valence-electron chi connectivity index (χ4n) is 2.09. The van der Waals surface area contributed by atoms with E-state index < -0.39 is 0 Å². The van der Waals surface area contributed by atoms with Crippen molar-refractivity contribution in [3.05, 3.63) is 45.5 Å². The fraction of sp³-hybridized carbons (Fsp3) is 0.200. The molecule has 2 aromatic carbocycles. The van der Waals surface area contributed by atoms with Crippen LogP contribution in [0.3, 0.4) is 0 Å². The highest BCUT2D eigenvalue weighted by atomic mass is 127. The van der Waals surface area contributed by atoms with Crippen molar-refractivity contribution < 1.29 is 14.2 Å². The molecule has 4 nitrogen and oxygen atoms in total. The second-order valence-corrected chi connectivity index (χ2v) is 5.64. The predicted octanol–water partition coefficient (Wildman–Crippen LogP) is 3.64. The number of fused-ring (bicyclic) bond motifs is 1. The zero-order chi connectivity index (χ0) is 13.9. The molecule has 3 rings (SSSR count). The van der Waals surface area contributed by atoms with E-state index in [-0.39, 0.29) is 6.79 Å². The average Bonchev–Trinajstić information content (AvgIpc) is 2.92. The molecular weight excluding hydrogens is 369 g/mol. The predicted molar refractivity (Wildman–Crippen MR) is 85.6 cm³/mol. The van der Waals surface area contributed by atoms with Crippen LogP contribution in [0.25, 0.3) is 0 Å². The Morgan fingerprint density at radius 2 is 2.15 bits per heavy atom. The summed E-state index contributed by atoms with van der Waals surface area (Å²) in [4.78, 5) is 0. The number of methoxy groups -OCH3 is 1. The number of nitrogens with one attached hydrogen (secondary N) is 1. The molecule has 0 fully saturated rings. The number of hydrogen-bond acceptors (Lipinski definition) is 4. The highest BCUT2D eigenvalue weighted by Crippen LogP contribution is 2.41. The molecule has 5 heteroatoms. The van der Waals surface area contributed by atoms with Crippen molar-refractivity contribution in [3.8, 4) is 17.2 Å². The molecule has 0 spiro atoms. The second kappa shape index (κ2) is 5.78. The largest absolute Gasteiger partial charge is 0.493 e. The Hall–Kier alpha value is -1.63. The summed E-state index contributed by atoms with van der Waals surface area (Å²) in [6, 6.07) is 12.2. The first-order valence-electron chi connectivity index (χ1n) is 6.22. The van der Waals surface area contributed by atoms with Crippen molar-refractivity contribution in [2.45, 2.75) is 6.54 Å². The van der Waals surface area contributed by atoms with E-state index in [0.29, 0.717) is 18.0 Å². The third-order valence-corrected chi connectivity index (χ3v) is 3.71. The summed E-state index contributed by atoms with van der Waals surface area (Å²) >= 11 is 2.30. The summed E-state index contributed by atoms with van der Waals surface area (Å²) in [5, 5.41) is 3.39. The molecule has 0 aliphatic carbocycles. The highest BCUT2D eigenvalue weighted by molar-refractivity contribution is 14.1. The Kier molecular flexibility index (Phi) is 3.86. The second-order valence-electron chi connectivity index (χ2n) is 4.40. The van der Waals surface area contributed by atoms with E-state index in [1.165, 1.54) is 3.57 Å². The zero-order valence-electron chi connectivity index (χ0n) is 11.0. The summed E-state index contributed by atoms with van der Waals surface area (Å²) in [5.41, 5.74) is 2.18. The van der Waals surface area contributed by atoms with Crippen LogP contribution < -0.4 is 19.5 Å². The minimum Gasteiger partial charge on any atom is -0.493 e. The lowest BCUT2D eigenvalue weighted by Gasteiger charge is -2.10. The van der Waals surface area contributed by atoms with Crippen LogP contribution in [0, 0.1) is 3.57 Å². The summed E-state index contributed by atoms with van der Waals surface area (Å²) in [6.45, 7) is 0.951. The normalized spacial score (nSPS) is 12.3. The molecule has 0 amide bonds. The number of benzene rings is 2. The number of hydrogen-bond donors (Lipinski definition) is 1. The van der Waals surface area contributed by atoms with Crippen molar-refractivity contribution in [1.29, 1.82) is 0 Å². The Labute approximate surface area is 131 Å². The van der Waals surface area contributed by atoms with E-state index in [0.717, 1.165) is 17.0 Å². The molecule has 0 radical (unpaired) electrons. The van der Waals surface area contributed by atoms with Gasteiger partial charge in [-0.2, -0.15) is 0 Å². The van der Waals surface area contributed by atoms with Gasteiger partial charge in [0.05, 0.1) is 7.11 Å². The molecule has 0 aromatic heterocycles. The number of ether oxygens (including phenoxy) is 3. The topological polar surface area (TPSA) is 39.7 Å². The lowest BCUT2D eigenvalue weighted by molar-refractivity contribution is 0.171. The van der Waals surface area contributed by atoms with E-state index >= 15 is 0 Å². The van der Waals surface area contributed by atoms with Crippen molar-refractivity contribution in [1.82, 2.24) is 0 Å². The van der Waals surface area contributed by atoms with E-state index in [1.807, 2.05) is 24.3 Å². The molecule has 0 saturated carbocycles. The third kappa shape index (κ3) is 2.77. The minimum absolute atomic E-state index is 0.249. The van der Waals surface area contributed by atoms with Gasteiger partial charge >= 0.3 is 0 Å². The van der Waals surface area contributed by atoms with Crippen LogP contribution >= 0.6 is 22.6 Å². The maximum absolute atomic E-state index is 5.42. The molecular formula is C15H14INO3. The zero-order valence-corrected chi connectivity index (χ0v) is 13.1. The van der Waals surface area contributed by atoms with Gasteiger partial charge in [0.2, 0.25) is 12.5 Å². The van der Waals surface area contributed by atoms with Crippen molar-refractivity contribution in [2.75, 3.05) is 19.2 Å². The molecule has 1 N–H and O–H groups in total. The first kappa shape index (κ1) is 13.4. The van der Waals surface area contributed by atoms with Gasteiger partial charge in [-0.05, 0) is 58.5 Å². The smallest absolute Gasteiger partial charge is 0.231 e. The molecule has 0 unspecified atom stereocenters.